The first-order valence-corrected chi connectivity index (χ1v) is 9.01. The lowest BCUT2D eigenvalue weighted by molar-refractivity contribution is 0.761. The van der Waals surface area contributed by atoms with Crippen molar-refractivity contribution in [2.75, 3.05) is 5.73 Å². The smallest absolute Gasteiger partial charge is 0.261 e. The SMILES string of the molecule is CCn1c(=O)c(-c2csc(N)n2)c(-c2ccccc2)c2ccccc21. The van der Waals surface area contributed by atoms with Crippen LogP contribution in [0.4, 0.5) is 5.13 Å². The summed E-state index contributed by atoms with van der Waals surface area (Å²) in [5.74, 6) is 0. The molecule has 0 amide bonds. The van der Waals surface area contributed by atoms with E-state index in [1.54, 1.807) is 4.57 Å². The van der Waals surface area contributed by atoms with Crippen molar-refractivity contribution < 1.29 is 0 Å². The Morgan fingerprint density at radius 1 is 1.04 bits per heavy atom. The molecule has 0 fully saturated rings. The minimum absolute atomic E-state index is 0.0367. The number of pyridine rings is 1. The maximum atomic E-state index is 13.3. The van der Waals surface area contributed by atoms with Gasteiger partial charge in [0.1, 0.15) is 0 Å². The fraction of sp³-hybridized carbons (Fsp3) is 0.100. The zero-order chi connectivity index (χ0) is 17.4. The van der Waals surface area contributed by atoms with Crippen LogP contribution in [0.15, 0.2) is 64.8 Å². The Hall–Kier alpha value is -2.92. The monoisotopic (exact) mass is 347 g/mol. The lowest BCUT2D eigenvalue weighted by Crippen LogP contribution is -2.22. The summed E-state index contributed by atoms with van der Waals surface area (Å²) in [5, 5.41) is 3.36. The van der Waals surface area contributed by atoms with Crippen LogP contribution in [0.25, 0.3) is 33.3 Å². The quantitative estimate of drug-likeness (QED) is 0.598. The van der Waals surface area contributed by atoms with Crippen LogP contribution in [0.3, 0.4) is 0 Å². The Balaban J connectivity index is 2.22. The van der Waals surface area contributed by atoms with E-state index in [1.807, 2.05) is 60.8 Å². The predicted molar refractivity (Wildman–Crippen MR) is 105 cm³/mol. The average molecular weight is 347 g/mol. The highest BCUT2D eigenvalue weighted by Crippen LogP contribution is 2.36. The molecule has 0 saturated carbocycles. The normalized spacial score (nSPS) is 11.1. The lowest BCUT2D eigenvalue weighted by Gasteiger charge is -2.16. The lowest BCUT2D eigenvalue weighted by atomic mass is 9.94. The average Bonchev–Trinajstić information content (AvgIpc) is 3.07. The van der Waals surface area contributed by atoms with Crippen LogP contribution in [0.5, 0.6) is 0 Å². The molecule has 2 N–H and O–H groups in total. The third kappa shape index (κ3) is 2.53. The Morgan fingerprint density at radius 2 is 1.76 bits per heavy atom. The number of fused-ring (bicyclic) bond motifs is 1. The van der Waals surface area contributed by atoms with Crippen LogP contribution in [0, 0.1) is 0 Å². The zero-order valence-corrected chi connectivity index (χ0v) is 14.6. The number of hydrogen-bond acceptors (Lipinski definition) is 4. The molecule has 0 spiro atoms. The van der Waals surface area contributed by atoms with Crippen molar-refractivity contribution in [3.63, 3.8) is 0 Å². The number of aromatic nitrogens is 2. The molecule has 0 unspecified atom stereocenters. The minimum atomic E-state index is -0.0367. The van der Waals surface area contributed by atoms with Gasteiger partial charge in [0.05, 0.1) is 16.8 Å². The Bertz CT molecular complexity index is 1110. The summed E-state index contributed by atoms with van der Waals surface area (Å²) in [7, 11) is 0. The second-order valence-corrected chi connectivity index (χ2v) is 6.64. The summed E-state index contributed by atoms with van der Waals surface area (Å²) < 4.78 is 1.80. The van der Waals surface area contributed by atoms with Crippen LogP contribution in [-0.2, 0) is 6.54 Å². The van der Waals surface area contributed by atoms with E-state index in [-0.39, 0.29) is 5.56 Å². The van der Waals surface area contributed by atoms with Crippen molar-refractivity contribution in [2.24, 2.45) is 0 Å². The Morgan fingerprint density at radius 3 is 2.44 bits per heavy atom. The van der Waals surface area contributed by atoms with Crippen LogP contribution < -0.4 is 11.3 Å². The zero-order valence-electron chi connectivity index (χ0n) is 13.8. The summed E-state index contributed by atoms with van der Waals surface area (Å²) in [4.78, 5) is 17.7. The third-order valence-electron chi connectivity index (χ3n) is 4.33. The molecule has 4 aromatic rings. The maximum Gasteiger partial charge on any atom is 0.261 e. The van der Waals surface area contributed by atoms with Gasteiger partial charge in [-0.25, -0.2) is 4.98 Å². The van der Waals surface area contributed by atoms with Crippen molar-refractivity contribution in [3.8, 4) is 22.4 Å². The summed E-state index contributed by atoms with van der Waals surface area (Å²) in [6.07, 6.45) is 0. The second-order valence-electron chi connectivity index (χ2n) is 5.75. The van der Waals surface area contributed by atoms with Crippen molar-refractivity contribution in [3.05, 3.63) is 70.3 Å². The van der Waals surface area contributed by atoms with Gasteiger partial charge in [-0.05, 0) is 18.6 Å². The van der Waals surface area contributed by atoms with Crippen molar-refractivity contribution >= 4 is 27.4 Å². The number of thiazole rings is 1. The molecule has 0 atom stereocenters. The molecular formula is C20H17N3OS. The topological polar surface area (TPSA) is 60.9 Å². The molecular weight excluding hydrogens is 330 g/mol. The summed E-state index contributed by atoms with van der Waals surface area (Å²) in [5.41, 5.74) is 9.89. The maximum absolute atomic E-state index is 13.3. The molecule has 0 saturated heterocycles. The molecule has 124 valence electrons. The fourth-order valence-corrected chi connectivity index (χ4v) is 3.82. The van der Waals surface area contributed by atoms with E-state index >= 15 is 0 Å². The first-order chi connectivity index (χ1) is 12.2. The molecule has 2 heterocycles. The van der Waals surface area contributed by atoms with Crippen LogP contribution in [-0.4, -0.2) is 9.55 Å². The Kier molecular flexibility index (Phi) is 3.86. The van der Waals surface area contributed by atoms with Gasteiger partial charge in [0.2, 0.25) is 0 Å². The van der Waals surface area contributed by atoms with Crippen molar-refractivity contribution in [1.29, 1.82) is 0 Å². The molecule has 2 aromatic heterocycles. The van der Waals surface area contributed by atoms with Gasteiger partial charge in [0.25, 0.3) is 5.56 Å². The number of benzene rings is 2. The largest absolute Gasteiger partial charge is 0.375 e. The second kappa shape index (κ2) is 6.18. The van der Waals surface area contributed by atoms with Gasteiger partial charge in [-0.2, -0.15) is 0 Å². The van der Waals surface area contributed by atoms with Gasteiger partial charge >= 0.3 is 0 Å². The number of nitrogens with two attached hydrogens (primary N) is 1. The highest BCUT2D eigenvalue weighted by Gasteiger charge is 2.20. The van der Waals surface area contributed by atoms with E-state index in [0.29, 0.717) is 22.9 Å². The summed E-state index contributed by atoms with van der Waals surface area (Å²) in [6.45, 7) is 2.58. The van der Waals surface area contributed by atoms with Crippen LogP contribution >= 0.6 is 11.3 Å². The fourth-order valence-electron chi connectivity index (χ4n) is 3.27. The third-order valence-corrected chi connectivity index (χ3v) is 5.00. The molecule has 0 radical (unpaired) electrons. The van der Waals surface area contributed by atoms with Gasteiger partial charge in [0.15, 0.2) is 5.13 Å². The number of aryl methyl sites for hydroxylation is 1. The minimum Gasteiger partial charge on any atom is -0.375 e. The van der Waals surface area contributed by atoms with E-state index in [9.17, 15) is 4.79 Å². The van der Waals surface area contributed by atoms with E-state index in [1.165, 1.54) is 11.3 Å². The van der Waals surface area contributed by atoms with E-state index in [2.05, 4.69) is 11.1 Å². The van der Waals surface area contributed by atoms with E-state index in [4.69, 9.17) is 5.73 Å². The van der Waals surface area contributed by atoms with Gasteiger partial charge in [0, 0.05) is 22.9 Å². The molecule has 2 aromatic carbocycles. The molecule has 0 aliphatic carbocycles. The standard InChI is InChI=1S/C20H17N3OS/c1-2-23-16-11-7-6-10-14(16)17(13-8-4-3-5-9-13)18(19(23)24)15-12-25-20(21)22-15/h3-12H,2H2,1H3,(H2,21,22). The molecule has 25 heavy (non-hydrogen) atoms. The summed E-state index contributed by atoms with van der Waals surface area (Å²) >= 11 is 1.35. The molecule has 4 rings (SSSR count). The summed E-state index contributed by atoms with van der Waals surface area (Å²) in [6, 6.07) is 18.0. The highest BCUT2D eigenvalue weighted by molar-refractivity contribution is 7.13. The van der Waals surface area contributed by atoms with Crippen molar-refractivity contribution in [2.45, 2.75) is 13.5 Å². The molecule has 0 aliphatic rings. The predicted octanol–water partition coefficient (Wildman–Crippen LogP) is 4.39. The molecule has 0 aliphatic heterocycles. The van der Waals surface area contributed by atoms with Gasteiger partial charge in [-0.1, -0.05) is 48.5 Å². The van der Waals surface area contributed by atoms with E-state index < -0.39 is 0 Å². The number of rotatable bonds is 3. The number of para-hydroxylation sites is 1. The number of nitrogens with zero attached hydrogens (tertiary/aromatic N) is 2. The number of hydrogen-bond donors (Lipinski definition) is 1. The van der Waals surface area contributed by atoms with Crippen molar-refractivity contribution in [1.82, 2.24) is 9.55 Å². The number of anilines is 1. The van der Waals surface area contributed by atoms with Crippen LogP contribution in [0.2, 0.25) is 0 Å². The first kappa shape index (κ1) is 15.6. The van der Waals surface area contributed by atoms with Gasteiger partial charge in [-0.15, -0.1) is 11.3 Å². The Labute approximate surface area is 149 Å². The highest BCUT2D eigenvalue weighted by atomic mass is 32.1. The first-order valence-electron chi connectivity index (χ1n) is 8.13. The van der Waals surface area contributed by atoms with Crippen LogP contribution in [0.1, 0.15) is 6.92 Å². The van der Waals surface area contributed by atoms with E-state index in [0.717, 1.165) is 22.0 Å². The number of nitrogen functional groups attached to an aromatic ring is 1. The molecule has 4 nitrogen and oxygen atoms in total. The molecule has 0 bridgehead atoms. The van der Waals surface area contributed by atoms with Gasteiger partial charge < -0.3 is 10.3 Å². The molecule has 5 heteroatoms. The van der Waals surface area contributed by atoms with Gasteiger partial charge in [-0.3, -0.25) is 4.79 Å².